The van der Waals surface area contributed by atoms with E-state index in [2.05, 4.69) is 31.6 Å². The molecule has 0 saturated heterocycles. The van der Waals surface area contributed by atoms with Gasteiger partial charge in [0.1, 0.15) is 0 Å². The van der Waals surface area contributed by atoms with E-state index in [9.17, 15) is 9.59 Å². The molecule has 1 aliphatic rings. The molecule has 8 heteroatoms. The molecule has 0 saturated carbocycles. The Kier molecular flexibility index (Phi) is 5.75. The molecule has 2 amide bonds. The molecule has 0 spiro atoms. The van der Waals surface area contributed by atoms with Crippen LogP contribution in [0.4, 0.5) is 0 Å². The summed E-state index contributed by atoms with van der Waals surface area (Å²) in [6.07, 6.45) is 0.140. The highest BCUT2D eigenvalue weighted by Crippen LogP contribution is 2.38. The van der Waals surface area contributed by atoms with Crippen LogP contribution in [0.25, 0.3) is 0 Å². The Labute approximate surface area is 164 Å². The highest BCUT2D eigenvalue weighted by atomic mass is 79.9. The number of para-hydroxylation sites is 1. The lowest BCUT2D eigenvalue weighted by atomic mass is 10.0. The summed E-state index contributed by atoms with van der Waals surface area (Å²) in [5, 5.41) is 5.23. The number of methoxy groups -OCH3 is 2. The summed E-state index contributed by atoms with van der Waals surface area (Å²) in [6, 6.07) is 11.8. The number of carbonyl (C=O) groups is 2. The van der Waals surface area contributed by atoms with Crippen LogP contribution in [0, 0.1) is 0 Å². The van der Waals surface area contributed by atoms with Gasteiger partial charge in [0.25, 0.3) is 5.91 Å². The lowest BCUT2D eigenvalue weighted by molar-refractivity contribution is -0.120. The van der Waals surface area contributed by atoms with Gasteiger partial charge in [0.2, 0.25) is 11.9 Å². The van der Waals surface area contributed by atoms with E-state index in [0.29, 0.717) is 22.6 Å². The topological polar surface area (TPSA) is 89.0 Å². The van der Waals surface area contributed by atoms with Crippen LogP contribution in [0.15, 0.2) is 51.9 Å². The van der Waals surface area contributed by atoms with E-state index in [1.807, 2.05) is 6.07 Å². The number of amides is 2. The van der Waals surface area contributed by atoms with E-state index in [4.69, 9.17) is 9.47 Å². The molecule has 0 radical (unpaired) electrons. The van der Waals surface area contributed by atoms with E-state index in [1.54, 1.807) is 43.5 Å². The van der Waals surface area contributed by atoms with Gasteiger partial charge in [-0.1, -0.05) is 28.1 Å². The largest absolute Gasteiger partial charge is 0.493 e. The number of nitrogens with one attached hydrogen (secondary N) is 2. The lowest BCUT2D eigenvalue weighted by Gasteiger charge is -2.23. The maximum atomic E-state index is 12.4. The van der Waals surface area contributed by atoms with Crippen molar-refractivity contribution in [3.05, 3.63) is 58.1 Å². The van der Waals surface area contributed by atoms with E-state index in [0.717, 1.165) is 4.47 Å². The van der Waals surface area contributed by atoms with Gasteiger partial charge in [-0.15, -0.1) is 0 Å². The second-order valence-corrected chi connectivity index (χ2v) is 6.71. The highest BCUT2D eigenvalue weighted by molar-refractivity contribution is 9.10. The highest BCUT2D eigenvalue weighted by Gasteiger charge is 2.27. The molecule has 1 heterocycles. The Bertz CT molecular complexity index is 896. The van der Waals surface area contributed by atoms with Crippen LogP contribution < -0.4 is 20.1 Å². The van der Waals surface area contributed by atoms with Crippen molar-refractivity contribution in [1.82, 2.24) is 10.6 Å². The number of halogens is 1. The van der Waals surface area contributed by atoms with E-state index in [-0.39, 0.29) is 24.2 Å². The first-order valence-electron chi connectivity index (χ1n) is 8.17. The molecule has 3 rings (SSSR count). The smallest absolute Gasteiger partial charge is 0.257 e. The molecule has 140 valence electrons. The number of hydrogen-bond acceptors (Lipinski definition) is 5. The van der Waals surface area contributed by atoms with Gasteiger partial charge in [0.05, 0.1) is 26.7 Å². The maximum Gasteiger partial charge on any atom is 0.257 e. The van der Waals surface area contributed by atoms with Gasteiger partial charge in [-0.2, -0.15) is 0 Å². The summed E-state index contributed by atoms with van der Waals surface area (Å²) in [5.41, 5.74) is 1.17. The van der Waals surface area contributed by atoms with Crippen LogP contribution in [-0.4, -0.2) is 32.0 Å². The molecule has 2 aromatic rings. The number of guanidine groups is 1. The maximum absolute atomic E-state index is 12.4. The molecule has 27 heavy (non-hydrogen) atoms. The quantitative estimate of drug-likeness (QED) is 0.778. The Morgan fingerprint density at radius 3 is 2.59 bits per heavy atom. The van der Waals surface area contributed by atoms with E-state index >= 15 is 0 Å². The average Bonchev–Trinajstić information content (AvgIpc) is 2.67. The minimum atomic E-state index is -0.496. The molecule has 0 bridgehead atoms. The standard InChI is InChI=1S/C19H18BrN3O4/c1-26-15-5-3-4-13(17(15)27-2)14-10-16(24)22-19(21-14)23-18(25)11-6-8-12(20)9-7-11/h3-9,14H,10H2,1-2H3,(H2,21,22,23,24,25). The monoisotopic (exact) mass is 431 g/mol. The third kappa shape index (κ3) is 4.28. The second kappa shape index (κ2) is 8.22. The first kappa shape index (κ1) is 18.9. The van der Waals surface area contributed by atoms with Crippen molar-refractivity contribution in [3.8, 4) is 11.5 Å². The number of nitrogens with zero attached hydrogens (tertiary/aromatic N) is 1. The fraction of sp³-hybridized carbons (Fsp3) is 0.211. The van der Waals surface area contributed by atoms with E-state index < -0.39 is 6.04 Å². The Balaban J connectivity index is 1.87. The summed E-state index contributed by atoms with van der Waals surface area (Å²) >= 11 is 3.33. The number of carbonyl (C=O) groups excluding carboxylic acids is 2. The zero-order valence-corrected chi connectivity index (χ0v) is 16.4. The van der Waals surface area contributed by atoms with Gasteiger partial charge in [-0.3, -0.25) is 20.2 Å². The van der Waals surface area contributed by atoms with Crippen molar-refractivity contribution in [2.24, 2.45) is 4.99 Å². The molecule has 0 aromatic heterocycles. The lowest BCUT2D eigenvalue weighted by Crippen LogP contribution is -2.47. The predicted molar refractivity (Wildman–Crippen MR) is 104 cm³/mol. The van der Waals surface area contributed by atoms with Crippen molar-refractivity contribution in [3.63, 3.8) is 0 Å². The molecule has 0 fully saturated rings. The third-order valence-corrected chi connectivity index (χ3v) is 4.58. The zero-order valence-electron chi connectivity index (χ0n) is 14.8. The van der Waals surface area contributed by atoms with Gasteiger partial charge in [0.15, 0.2) is 11.5 Å². The Morgan fingerprint density at radius 1 is 1.19 bits per heavy atom. The minimum absolute atomic E-state index is 0.106. The first-order chi connectivity index (χ1) is 13.0. The number of hydrogen-bond donors (Lipinski definition) is 2. The summed E-state index contributed by atoms with van der Waals surface area (Å²) in [4.78, 5) is 29.0. The van der Waals surface area contributed by atoms with Crippen molar-refractivity contribution in [2.45, 2.75) is 12.5 Å². The first-order valence-corrected chi connectivity index (χ1v) is 8.96. The van der Waals surface area contributed by atoms with Crippen LogP contribution in [0.5, 0.6) is 11.5 Å². The van der Waals surface area contributed by atoms with Gasteiger partial charge in [-0.05, 0) is 30.3 Å². The minimum Gasteiger partial charge on any atom is -0.493 e. The van der Waals surface area contributed by atoms with Crippen LogP contribution in [0.1, 0.15) is 28.4 Å². The molecule has 2 aromatic carbocycles. The number of rotatable bonds is 4. The normalized spacial score (nSPS) is 16.2. The van der Waals surface area contributed by atoms with Crippen molar-refractivity contribution < 1.29 is 19.1 Å². The third-order valence-electron chi connectivity index (χ3n) is 4.05. The number of aliphatic imine (C=N–C) groups is 1. The summed E-state index contributed by atoms with van der Waals surface area (Å²) in [7, 11) is 3.08. The average molecular weight is 432 g/mol. The number of benzene rings is 2. The summed E-state index contributed by atoms with van der Waals surface area (Å²) in [6.45, 7) is 0. The van der Waals surface area contributed by atoms with Crippen LogP contribution in [0.3, 0.4) is 0 Å². The van der Waals surface area contributed by atoms with Crippen LogP contribution in [-0.2, 0) is 4.79 Å². The fourth-order valence-corrected chi connectivity index (χ4v) is 3.06. The van der Waals surface area contributed by atoms with Gasteiger partial charge in [0, 0.05) is 15.6 Å². The summed E-state index contributed by atoms with van der Waals surface area (Å²) in [5.74, 6) is 0.568. The number of ether oxygens (including phenoxy) is 2. The molecule has 1 unspecified atom stereocenters. The molecule has 2 N–H and O–H groups in total. The molecule has 0 aliphatic carbocycles. The van der Waals surface area contributed by atoms with Crippen LogP contribution >= 0.6 is 15.9 Å². The Morgan fingerprint density at radius 2 is 1.93 bits per heavy atom. The van der Waals surface area contributed by atoms with Crippen LogP contribution in [0.2, 0.25) is 0 Å². The predicted octanol–water partition coefficient (Wildman–Crippen LogP) is 2.81. The van der Waals surface area contributed by atoms with Crippen molar-refractivity contribution in [1.29, 1.82) is 0 Å². The van der Waals surface area contributed by atoms with Crippen molar-refractivity contribution in [2.75, 3.05) is 14.2 Å². The van der Waals surface area contributed by atoms with Gasteiger partial charge < -0.3 is 9.47 Å². The van der Waals surface area contributed by atoms with Gasteiger partial charge >= 0.3 is 0 Å². The van der Waals surface area contributed by atoms with Crippen molar-refractivity contribution >= 4 is 33.7 Å². The molecular weight excluding hydrogens is 414 g/mol. The summed E-state index contributed by atoms with van der Waals surface area (Å²) < 4.78 is 11.6. The SMILES string of the molecule is COc1cccc(C2CC(=O)NC(NC(=O)c3ccc(Br)cc3)=N2)c1OC. The van der Waals surface area contributed by atoms with E-state index in [1.165, 1.54) is 7.11 Å². The Hall–Kier alpha value is -2.87. The second-order valence-electron chi connectivity index (χ2n) is 5.79. The van der Waals surface area contributed by atoms with Gasteiger partial charge in [-0.25, -0.2) is 4.99 Å². The molecular formula is C19H18BrN3O4. The molecule has 1 aliphatic heterocycles. The molecule has 7 nitrogen and oxygen atoms in total. The zero-order chi connectivity index (χ0) is 19.4. The molecule has 1 atom stereocenters. The fourth-order valence-electron chi connectivity index (χ4n) is 2.79.